The van der Waals surface area contributed by atoms with Crippen LogP contribution in [0.1, 0.15) is 55.7 Å². The van der Waals surface area contributed by atoms with Gasteiger partial charge < -0.3 is 19.7 Å². The molecule has 0 saturated carbocycles. The Balaban J connectivity index is 1.89. The number of carboxylic acids is 1. The molecule has 1 aromatic carbocycles. The van der Waals surface area contributed by atoms with Crippen molar-refractivity contribution in [2.24, 2.45) is 0 Å². The van der Waals surface area contributed by atoms with Gasteiger partial charge in [0.2, 0.25) is 11.7 Å². The maximum Gasteiger partial charge on any atom is 0.303 e. The first-order valence-corrected chi connectivity index (χ1v) is 8.37. The average molecular weight is 361 g/mol. The van der Waals surface area contributed by atoms with Gasteiger partial charge in [-0.3, -0.25) is 9.59 Å². The third kappa shape index (κ3) is 5.87. The molecule has 0 radical (unpaired) electrons. The highest BCUT2D eigenvalue weighted by Crippen LogP contribution is 2.16. The fourth-order valence-corrected chi connectivity index (χ4v) is 2.20. The molecule has 0 aliphatic heterocycles. The van der Waals surface area contributed by atoms with Crippen LogP contribution >= 0.6 is 0 Å². The van der Waals surface area contributed by atoms with E-state index in [4.69, 9.17) is 14.4 Å². The number of hydrogen-bond donors (Lipinski definition) is 2. The van der Waals surface area contributed by atoms with Gasteiger partial charge in [0, 0.05) is 23.9 Å². The van der Waals surface area contributed by atoms with Gasteiger partial charge in [-0.05, 0) is 44.5 Å². The topological polar surface area (TPSA) is 115 Å². The van der Waals surface area contributed by atoms with Crippen molar-refractivity contribution < 1.29 is 24.0 Å². The molecule has 0 aliphatic rings. The summed E-state index contributed by atoms with van der Waals surface area (Å²) >= 11 is 0. The molecule has 140 valence electrons. The number of rotatable bonds is 9. The highest BCUT2D eigenvalue weighted by Gasteiger charge is 2.22. The Morgan fingerprint density at radius 1 is 1.27 bits per heavy atom. The molecule has 8 nitrogen and oxygen atoms in total. The first-order valence-electron chi connectivity index (χ1n) is 8.37. The summed E-state index contributed by atoms with van der Waals surface area (Å²) in [7, 11) is 0. The van der Waals surface area contributed by atoms with E-state index in [0.29, 0.717) is 35.9 Å². The van der Waals surface area contributed by atoms with Crippen molar-refractivity contribution in [3.8, 4) is 5.75 Å². The Morgan fingerprint density at radius 3 is 2.54 bits per heavy atom. The van der Waals surface area contributed by atoms with Crippen LogP contribution in [0.3, 0.4) is 0 Å². The smallest absolute Gasteiger partial charge is 0.303 e. The summed E-state index contributed by atoms with van der Waals surface area (Å²) in [5.74, 6) is 0.443. The van der Waals surface area contributed by atoms with Crippen molar-refractivity contribution in [3.05, 3.63) is 41.5 Å². The number of carbonyl (C=O) groups is 2. The second-order valence-corrected chi connectivity index (χ2v) is 6.50. The summed E-state index contributed by atoms with van der Waals surface area (Å²) in [6, 6.07) is 6.65. The van der Waals surface area contributed by atoms with Crippen LogP contribution in [-0.2, 0) is 17.8 Å². The molecule has 0 fully saturated rings. The van der Waals surface area contributed by atoms with Crippen molar-refractivity contribution in [1.29, 1.82) is 0 Å². The van der Waals surface area contributed by atoms with Gasteiger partial charge in [0.1, 0.15) is 5.75 Å². The van der Waals surface area contributed by atoms with Crippen LogP contribution in [0.5, 0.6) is 5.75 Å². The molecule has 2 N–H and O–H groups in total. The molecule has 1 amide bonds. The van der Waals surface area contributed by atoms with E-state index in [1.165, 1.54) is 0 Å². The number of nitrogens with zero attached hydrogens (tertiary/aromatic N) is 2. The van der Waals surface area contributed by atoms with Gasteiger partial charge in [0.25, 0.3) is 5.91 Å². The van der Waals surface area contributed by atoms with E-state index in [0.717, 1.165) is 0 Å². The minimum atomic E-state index is -0.888. The molecule has 2 aromatic rings. The quantitative estimate of drug-likeness (QED) is 0.705. The largest absolute Gasteiger partial charge is 0.485 e. The summed E-state index contributed by atoms with van der Waals surface area (Å²) < 4.78 is 10.6. The third-order valence-electron chi connectivity index (χ3n) is 3.71. The molecule has 0 saturated heterocycles. The number of hydrogen-bond acceptors (Lipinski definition) is 6. The molecule has 0 bridgehead atoms. The van der Waals surface area contributed by atoms with Crippen LogP contribution in [-0.4, -0.2) is 32.7 Å². The summed E-state index contributed by atoms with van der Waals surface area (Å²) in [5, 5.41) is 15.4. The van der Waals surface area contributed by atoms with Crippen molar-refractivity contribution in [3.63, 3.8) is 0 Å². The maximum absolute atomic E-state index is 12.3. The second-order valence-electron chi connectivity index (χ2n) is 6.50. The van der Waals surface area contributed by atoms with E-state index in [1.807, 2.05) is 6.92 Å². The molecule has 0 unspecified atom stereocenters. The minimum Gasteiger partial charge on any atom is -0.485 e. The summed E-state index contributed by atoms with van der Waals surface area (Å²) in [5.41, 5.74) is -0.145. The molecule has 2 rings (SSSR count). The normalized spacial score (nSPS) is 11.2. The minimum absolute atomic E-state index is 0.00408. The Bertz CT molecular complexity index is 752. The van der Waals surface area contributed by atoms with Gasteiger partial charge in [-0.2, -0.15) is 4.98 Å². The number of aromatic nitrogens is 2. The Morgan fingerprint density at radius 2 is 1.96 bits per heavy atom. The molecule has 1 heterocycles. The van der Waals surface area contributed by atoms with Gasteiger partial charge in [-0.15, -0.1) is 0 Å². The molecular weight excluding hydrogens is 338 g/mol. The first-order chi connectivity index (χ1) is 12.3. The lowest BCUT2D eigenvalue weighted by atomic mass is 9.98. The van der Waals surface area contributed by atoms with Crippen LogP contribution in [0.15, 0.2) is 28.8 Å². The van der Waals surface area contributed by atoms with E-state index in [1.54, 1.807) is 38.1 Å². The van der Waals surface area contributed by atoms with Crippen molar-refractivity contribution in [2.45, 2.75) is 52.2 Å². The van der Waals surface area contributed by atoms with Crippen molar-refractivity contribution >= 4 is 11.9 Å². The van der Waals surface area contributed by atoms with Crippen LogP contribution < -0.4 is 10.1 Å². The highest BCUT2D eigenvalue weighted by atomic mass is 16.5. The van der Waals surface area contributed by atoms with Crippen LogP contribution in [0.25, 0.3) is 0 Å². The molecule has 26 heavy (non-hydrogen) atoms. The van der Waals surface area contributed by atoms with Crippen molar-refractivity contribution in [2.75, 3.05) is 0 Å². The summed E-state index contributed by atoms with van der Waals surface area (Å²) in [6.07, 6.45) is 1.01. The number of aliphatic carboxylic acids is 1. The van der Waals surface area contributed by atoms with Gasteiger partial charge in [-0.1, -0.05) is 12.1 Å². The van der Waals surface area contributed by atoms with Gasteiger partial charge in [-0.25, -0.2) is 0 Å². The molecular formula is C18H23N3O5. The fourth-order valence-electron chi connectivity index (χ4n) is 2.20. The standard InChI is InChI=1S/C18H23N3O5/c1-4-15-19-14(21-26-15)11-25-13-7-5-12(6-8-13)17(24)20-18(2,3)10-9-16(22)23/h5-8H,4,9-11H2,1-3H3,(H,20,24)(H,22,23). The number of ether oxygens (including phenoxy) is 1. The molecule has 1 aromatic heterocycles. The Labute approximate surface area is 151 Å². The SMILES string of the molecule is CCc1nc(COc2ccc(C(=O)NC(C)(C)CCC(=O)O)cc2)no1. The zero-order chi connectivity index (χ0) is 19.2. The van der Waals surface area contributed by atoms with Gasteiger partial charge in [0.05, 0.1) is 0 Å². The maximum atomic E-state index is 12.3. The number of amides is 1. The number of carbonyl (C=O) groups excluding carboxylic acids is 1. The van der Waals surface area contributed by atoms with Crippen LogP contribution in [0, 0.1) is 0 Å². The number of aryl methyl sites for hydroxylation is 1. The van der Waals surface area contributed by atoms with Crippen molar-refractivity contribution in [1.82, 2.24) is 15.5 Å². The number of nitrogens with one attached hydrogen (secondary N) is 1. The average Bonchev–Trinajstić information content (AvgIpc) is 3.06. The third-order valence-corrected chi connectivity index (χ3v) is 3.71. The number of benzene rings is 1. The van der Waals surface area contributed by atoms with Crippen LogP contribution in [0.2, 0.25) is 0 Å². The molecule has 0 aliphatic carbocycles. The number of carboxylic acid groups (broad SMARTS) is 1. The zero-order valence-electron chi connectivity index (χ0n) is 15.1. The Hall–Kier alpha value is -2.90. The lowest BCUT2D eigenvalue weighted by Crippen LogP contribution is -2.43. The summed E-state index contributed by atoms with van der Waals surface area (Å²) in [6.45, 7) is 5.68. The van der Waals surface area contributed by atoms with Crippen LogP contribution in [0.4, 0.5) is 0 Å². The second kappa shape index (κ2) is 8.46. The van der Waals surface area contributed by atoms with E-state index in [9.17, 15) is 9.59 Å². The lowest BCUT2D eigenvalue weighted by Gasteiger charge is -2.25. The fraction of sp³-hybridized carbons (Fsp3) is 0.444. The Kier molecular flexibility index (Phi) is 6.32. The monoisotopic (exact) mass is 361 g/mol. The van der Waals surface area contributed by atoms with E-state index in [-0.39, 0.29) is 18.9 Å². The highest BCUT2D eigenvalue weighted by molar-refractivity contribution is 5.94. The van der Waals surface area contributed by atoms with Gasteiger partial charge >= 0.3 is 5.97 Å². The first kappa shape index (κ1) is 19.4. The van der Waals surface area contributed by atoms with E-state index in [2.05, 4.69) is 15.5 Å². The zero-order valence-corrected chi connectivity index (χ0v) is 15.1. The summed E-state index contributed by atoms with van der Waals surface area (Å²) in [4.78, 5) is 27.1. The predicted octanol–water partition coefficient (Wildman–Crippen LogP) is 2.58. The van der Waals surface area contributed by atoms with E-state index >= 15 is 0 Å². The molecule has 0 spiro atoms. The lowest BCUT2D eigenvalue weighted by molar-refractivity contribution is -0.137. The van der Waals surface area contributed by atoms with E-state index < -0.39 is 11.5 Å². The molecule has 8 heteroatoms. The molecule has 0 atom stereocenters. The predicted molar refractivity (Wildman–Crippen MR) is 92.9 cm³/mol. The van der Waals surface area contributed by atoms with Gasteiger partial charge in [0.15, 0.2) is 6.61 Å².